The number of unbranched alkanes of at least 4 members (excludes halogenated alkanes) is 2. The maximum atomic E-state index is 12.2. The number of allylic oxidation sites excluding steroid dienone is 2. The third-order valence-corrected chi connectivity index (χ3v) is 5.54. The van der Waals surface area contributed by atoms with E-state index in [0.717, 1.165) is 44.9 Å². The Morgan fingerprint density at radius 3 is 2.80 bits per heavy atom. The van der Waals surface area contributed by atoms with Crippen molar-refractivity contribution in [3.63, 3.8) is 0 Å². The summed E-state index contributed by atoms with van der Waals surface area (Å²) in [5.41, 5.74) is -0.633. The normalized spacial score (nSPS) is 39.4. The summed E-state index contributed by atoms with van der Waals surface area (Å²) in [7, 11) is 0. The van der Waals surface area contributed by atoms with Gasteiger partial charge in [-0.3, -0.25) is 4.79 Å². The average Bonchev–Trinajstić information content (AvgIpc) is 2.82. The van der Waals surface area contributed by atoms with Crippen molar-refractivity contribution in [3.8, 4) is 0 Å². The molecule has 1 saturated carbocycles. The molecule has 2 rings (SSSR count). The van der Waals surface area contributed by atoms with E-state index in [1.54, 1.807) is 0 Å². The largest absolute Gasteiger partial charge is 0.455 e. The van der Waals surface area contributed by atoms with E-state index >= 15 is 0 Å². The lowest BCUT2D eigenvalue weighted by Gasteiger charge is -2.28. The number of carbonyl (C=O) groups excluding carboxylic acids is 1. The molecule has 1 fully saturated rings. The fraction of sp³-hybridized carbons (Fsp3) is 0.762. The zero-order chi connectivity index (χ0) is 18.3. The molecule has 4 heteroatoms. The number of aliphatic hydroxyl groups excluding tert-OH is 2. The number of rotatable bonds is 4. The first-order valence-corrected chi connectivity index (χ1v) is 9.87. The Kier molecular flexibility index (Phi) is 7.70. The van der Waals surface area contributed by atoms with Crippen LogP contribution in [0.3, 0.4) is 0 Å². The van der Waals surface area contributed by atoms with Crippen LogP contribution in [0.2, 0.25) is 0 Å². The summed E-state index contributed by atoms with van der Waals surface area (Å²) < 4.78 is 5.81. The third kappa shape index (κ3) is 5.96. The van der Waals surface area contributed by atoms with E-state index in [1.165, 1.54) is 0 Å². The maximum Gasteiger partial charge on any atom is 0.306 e. The van der Waals surface area contributed by atoms with Crippen molar-refractivity contribution in [2.24, 2.45) is 11.8 Å². The summed E-state index contributed by atoms with van der Waals surface area (Å²) in [6.45, 7) is 4.12. The molecule has 2 N–H and O–H groups in total. The van der Waals surface area contributed by atoms with Crippen molar-refractivity contribution in [1.82, 2.24) is 0 Å². The zero-order valence-corrected chi connectivity index (χ0v) is 15.7. The molecule has 0 aromatic rings. The van der Waals surface area contributed by atoms with Gasteiger partial charge >= 0.3 is 5.97 Å². The maximum absolute atomic E-state index is 12.2. The molecule has 0 saturated heterocycles. The highest BCUT2D eigenvalue weighted by Gasteiger charge is 2.40. The van der Waals surface area contributed by atoms with Crippen LogP contribution in [0.1, 0.15) is 71.6 Å². The molecule has 1 unspecified atom stereocenters. The highest BCUT2D eigenvalue weighted by Crippen LogP contribution is 2.37. The molecule has 0 bridgehead atoms. The topological polar surface area (TPSA) is 66.8 Å². The van der Waals surface area contributed by atoms with Crippen LogP contribution in [0.15, 0.2) is 24.3 Å². The molecule has 0 spiro atoms. The number of carbonyl (C=O) groups is 1. The van der Waals surface area contributed by atoms with Gasteiger partial charge in [-0.05, 0) is 51.0 Å². The molecule has 0 aromatic carbocycles. The number of hydrogen-bond acceptors (Lipinski definition) is 4. The van der Waals surface area contributed by atoms with Gasteiger partial charge in [0.1, 0.15) is 5.60 Å². The predicted octanol–water partition coefficient (Wildman–Crippen LogP) is 3.91. The molecule has 4 nitrogen and oxygen atoms in total. The minimum Gasteiger partial charge on any atom is -0.455 e. The van der Waals surface area contributed by atoms with Gasteiger partial charge in [-0.25, -0.2) is 0 Å². The first-order valence-electron chi connectivity index (χ1n) is 9.87. The molecule has 1 heterocycles. The first-order chi connectivity index (χ1) is 11.9. The fourth-order valence-corrected chi connectivity index (χ4v) is 3.96. The molecule has 142 valence electrons. The average molecular weight is 350 g/mol. The Labute approximate surface area is 152 Å². The van der Waals surface area contributed by atoms with Gasteiger partial charge in [0.2, 0.25) is 0 Å². The second-order valence-electron chi connectivity index (χ2n) is 7.81. The van der Waals surface area contributed by atoms with E-state index in [2.05, 4.69) is 19.1 Å². The lowest BCUT2D eigenvalue weighted by molar-refractivity contribution is -0.154. The monoisotopic (exact) mass is 350 g/mol. The Hall–Kier alpha value is -1.13. The molecule has 0 radical (unpaired) electrons. The van der Waals surface area contributed by atoms with Crippen LogP contribution in [0.4, 0.5) is 0 Å². The van der Waals surface area contributed by atoms with Crippen LogP contribution in [0.25, 0.3) is 0 Å². The molecule has 1 aliphatic heterocycles. The van der Waals surface area contributed by atoms with Crippen molar-refractivity contribution >= 4 is 5.97 Å². The number of esters is 1. The molecule has 5 atom stereocenters. The van der Waals surface area contributed by atoms with E-state index in [0.29, 0.717) is 12.8 Å². The van der Waals surface area contributed by atoms with Crippen molar-refractivity contribution < 1.29 is 19.7 Å². The number of ether oxygens (including phenoxy) is 1. The van der Waals surface area contributed by atoms with Crippen molar-refractivity contribution in [1.29, 1.82) is 0 Å². The second kappa shape index (κ2) is 9.54. The van der Waals surface area contributed by atoms with Gasteiger partial charge in [-0.2, -0.15) is 0 Å². The van der Waals surface area contributed by atoms with Gasteiger partial charge < -0.3 is 14.9 Å². The highest BCUT2D eigenvalue weighted by molar-refractivity contribution is 5.70. The van der Waals surface area contributed by atoms with E-state index < -0.39 is 17.8 Å². The minimum atomic E-state index is -0.633. The van der Waals surface area contributed by atoms with E-state index in [4.69, 9.17) is 4.74 Å². The molecule has 0 amide bonds. The molecule has 2 aliphatic rings. The zero-order valence-electron chi connectivity index (χ0n) is 15.7. The van der Waals surface area contributed by atoms with Crippen LogP contribution in [-0.2, 0) is 9.53 Å². The van der Waals surface area contributed by atoms with E-state index in [9.17, 15) is 15.0 Å². The Balaban J connectivity index is 2.20. The standard InChI is InChI=1S/C21H34O4/c1-3-4-9-13-21(2)14-12-17-16(18(22)15-19(17)23)10-7-5-6-8-11-20(24)25-21/h5,7,12,14,16-19,22-23H,3-4,6,8-11,13,15H2,1-2H3/b7-5-,14-12-/t16-,17?,18+,19-,21-/m1/s1. The number of cyclic esters (lactones) is 1. The molecule has 0 aromatic heterocycles. The highest BCUT2D eigenvalue weighted by atomic mass is 16.6. The quantitative estimate of drug-likeness (QED) is 0.458. The van der Waals surface area contributed by atoms with Gasteiger partial charge in [0.15, 0.2) is 0 Å². The summed E-state index contributed by atoms with van der Waals surface area (Å²) in [5, 5.41) is 20.6. The number of fused-ring (bicyclic) bond motifs is 1. The van der Waals surface area contributed by atoms with E-state index in [1.807, 2.05) is 19.1 Å². The molecular weight excluding hydrogens is 316 g/mol. The fourth-order valence-electron chi connectivity index (χ4n) is 3.96. The third-order valence-electron chi connectivity index (χ3n) is 5.54. The molecule has 1 aliphatic carbocycles. The van der Waals surface area contributed by atoms with Crippen LogP contribution < -0.4 is 0 Å². The SMILES string of the molecule is CCCCC[C@]1(C)/C=C\C2[C@H](O)C[C@H](O)[C@@H]2C/C=C\CCCC(=O)O1. The minimum absolute atomic E-state index is 0.0267. The van der Waals surface area contributed by atoms with Crippen LogP contribution in [0, 0.1) is 11.8 Å². The lowest BCUT2D eigenvalue weighted by atomic mass is 9.87. The first kappa shape index (κ1) is 20.2. The summed E-state index contributed by atoms with van der Waals surface area (Å²) in [5.74, 6) is -0.219. The van der Waals surface area contributed by atoms with Gasteiger partial charge in [0, 0.05) is 18.8 Å². The molecular formula is C21H34O4. The van der Waals surface area contributed by atoms with Crippen molar-refractivity contribution in [2.45, 2.75) is 89.4 Å². The Morgan fingerprint density at radius 1 is 1.24 bits per heavy atom. The van der Waals surface area contributed by atoms with Gasteiger partial charge in [0.25, 0.3) is 0 Å². The van der Waals surface area contributed by atoms with Crippen molar-refractivity contribution in [3.05, 3.63) is 24.3 Å². The summed E-state index contributed by atoms with van der Waals surface area (Å²) >= 11 is 0. The van der Waals surface area contributed by atoms with Crippen LogP contribution in [0.5, 0.6) is 0 Å². The number of hydrogen-bond donors (Lipinski definition) is 2. The van der Waals surface area contributed by atoms with Crippen molar-refractivity contribution in [2.75, 3.05) is 0 Å². The lowest BCUT2D eigenvalue weighted by Crippen LogP contribution is -2.30. The summed E-state index contributed by atoms with van der Waals surface area (Å²) in [6.07, 6.45) is 14.3. The Morgan fingerprint density at radius 2 is 2.04 bits per heavy atom. The summed E-state index contributed by atoms with van der Waals surface area (Å²) in [4.78, 5) is 12.2. The number of aliphatic hydroxyl groups is 2. The van der Waals surface area contributed by atoms with Crippen LogP contribution in [-0.4, -0.2) is 34.0 Å². The van der Waals surface area contributed by atoms with Gasteiger partial charge in [-0.15, -0.1) is 0 Å². The smallest absolute Gasteiger partial charge is 0.306 e. The predicted molar refractivity (Wildman–Crippen MR) is 99.0 cm³/mol. The summed E-state index contributed by atoms with van der Waals surface area (Å²) in [6, 6.07) is 0. The Bertz CT molecular complexity index is 484. The molecule has 25 heavy (non-hydrogen) atoms. The van der Waals surface area contributed by atoms with Gasteiger partial charge in [0.05, 0.1) is 12.2 Å². The van der Waals surface area contributed by atoms with E-state index in [-0.39, 0.29) is 17.8 Å². The second-order valence-corrected chi connectivity index (χ2v) is 7.81. The van der Waals surface area contributed by atoms with Gasteiger partial charge in [-0.1, -0.05) is 38.0 Å². The van der Waals surface area contributed by atoms with Crippen LogP contribution >= 0.6 is 0 Å².